The van der Waals surface area contributed by atoms with E-state index in [1.54, 1.807) is 0 Å². The molecule has 104 valence electrons. The van der Waals surface area contributed by atoms with E-state index < -0.39 is 0 Å². The van der Waals surface area contributed by atoms with Crippen LogP contribution in [0.1, 0.15) is 30.5 Å². The van der Waals surface area contributed by atoms with E-state index in [0.29, 0.717) is 11.8 Å². The third-order valence-electron chi connectivity index (χ3n) is 4.33. The minimum absolute atomic E-state index is 0.661. The second-order valence-electron chi connectivity index (χ2n) is 5.87. The van der Waals surface area contributed by atoms with Gasteiger partial charge in [0.05, 0.1) is 0 Å². The Balaban J connectivity index is 1.74. The molecule has 0 amide bonds. The lowest BCUT2D eigenvalue weighted by Gasteiger charge is -2.38. The number of aromatic nitrogens is 1. The zero-order valence-electron chi connectivity index (χ0n) is 12.3. The lowest BCUT2D eigenvalue weighted by Crippen LogP contribution is -2.38. The highest BCUT2D eigenvalue weighted by atomic mass is 15.2. The SMILES string of the molecule is Cc1cccc(N2CCC(c3ccccc3)C(C)C2)n1. The number of benzene rings is 1. The molecule has 1 saturated heterocycles. The van der Waals surface area contributed by atoms with Gasteiger partial charge in [0, 0.05) is 18.8 Å². The first-order valence-corrected chi connectivity index (χ1v) is 7.47. The Morgan fingerprint density at radius 1 is 1.05 bits per heavy atom. The summed E-state index contributed by atoms with van der Waals surface area (Å²) in [6.45, 7) is 6.61. The lowest BCUT2D eigenvalue weighted by molar-refractivity contribution is 0.382. The molecule has 2 nitrogen and oxygen atoms in total. The molecule has 0 N–H and O–H groups in total. The highest BCUT2D eigenvalue weighted by Crippen LogP contribution is 2.34. The maximum absolute atomic E-state index is 4.66. The van der Waals surface area contributed by atoms with Crippen molar-refractivity contribution in [3.8, 4) is 0 Å². The Hall–Kier alpha value is -1.83. The van der Waals surface area contributed by atoms with E-state index in [1.165, 1.54) is 12.0 Å². The van der Waals surface area contributed by atoms with Gasteiger partial charge in [-0.25, -0.2) is 4.98 Å². The highest BCUT2D eigenvalue weighted by Gasteiger charge is 2.27. The minimum Gasteiger partial charge on any atom is -0.356 e. The van der Waals surface area contributed by atoms with Crippen molar-refractivity contribution >= 4 is 5.82 Å². The van der Waals surface area contributed by atoms with Crippen LogP contribution in [0.3, 0.4) is 0 Å². The number of hydrogen-bond donors (Lipinski definition) is 0. The van der Waals surface area contributed by atoms with Crippen molar-refractivity contribution in [3.05, 3.63) is 59.8 Å². The molecular weight excluding hydrogens is 244 g/mol. The zero-order valence-corrected chi connectivity index (χ0v) is 12.3. The molecule has 20 heavy (non-hydrogen) atoms. The Kier molecular flexibility index (Phi) is 3.72. The van der Waals surface area contributed by atoms with Crippen LogP contribution in [0.2, 0.25) is 0 Å². The van der Waals surface area contributed by atoms with Crippen LogP contribution >= 0.6 is 0 Å². The van der Waals surface area contributed by atoms with Gasteiger partial charge in [-0.15, -0.1) is 0 Å². The summed E-state index contributed by atoms with van der Waals surface area (Å²) in [6.07, 6.45) is 1.21. The average molecular weight is 266 g/mol. The van der Waals surface area contributed by atoms with Gasteiger partial charge in [-0.1, -0.05) is 43.3 Å². The van der Waals surface area contributed by atoms with Crippen LogP contribution in [-0.4, -0.2) is 18.1 Å². The normalized spacial score (nSPS) is 22.8. The first-order valence-electron chi connectivity index (χ1n) is 7.47. The van der Waals surface area contributed by atoms with Crippen LogP contribution in [0.25, 0.3) is 0 Å². The van der Waals surface area contributed by atoms with E-state index in [-0.39, 0.29) is 0 Å². The van der Waals surface area contributed by atoms with Gasteiger partial charge in [-0.2, -0.15) is 0 Å². The Morgan fingerprint density at radius 2 is 1.85 bits per heavy atom. The maximum atomic E-state index is 4.66. The average Bonchev–Trinajstić information content (AvgIpc) is 2.48. The van der Waals surface area contributed by atoms with Crippen LogP contribution in [-0.2, 0) is 0 Å². The summed E-state index contributed by atoms with van der Waals surface area (Å²) in [5.41, 5.74) is 2.58. The molecule has 0 spiro atoms. The number of hydrogen-bond acceptors (Lipinski definition) is 2. The summed E-state index contributed by atoms with van der Waals surface area (Å²) in [5, 5.41) is 0. The Labute approximate surface area is 121 Å². The minimum atomic E-state index is 0.661. The molecule has 1 aromatic carbocycles. The highest BCUT2D eigenvalue weighted by molar-refractivity contribution is 5.40. The second-order valence-corrected chi connectivity index (χ2v) is 5.87. The first-order chi connectivity index (χ1) is 9.74. The molecule has 3 rings (SSSR count). The van der Waals surface area contributed by atoms with E-state index in [2.05, 4.69) is 72.3 Å². The first kappa shape index (κ1) is 13.2. The Bertz CT molecular complexity index is 565. The summed E-state index contributed by atoms with van der Waals surface area (Å²) in [7, 11) is 0. The standard InChI is InChI=1S/C18H22N2/c1-14-13-20(18-10-6-7-15(2)19-18)12-11-17(14)16-8-4-3-5-9-16/h3-10,14,17H,11-13H2,1-2H3. The number of piperidine rings is 1. The molecular formula is C18H22N2. The molecule has 0 radical (unpaired) electrons. The van der Waals surface area contributed by atoms with Crippen molar-refractivity contribution in [2.24, 2.45) is 5.92 Å². The number of nitrogens with zero attached hydrogens (tertiary/aromatic N) is 2. The summed E-state index contributed by atoms with van der Waals surface area (Å²) >= 11 is 0. The third kappa shape index (κ3) is 2.69. The smallest absolute Gasteiger partial charge is 0.128 e. The number of anilines is 1. The quantitative estimate of drug-likeness (QED) is 0.816. The molecule has 2 aromatic rings. The fourth-order valence-electron chi connectivity index (χ4n) is 3.25. The summed E-state index contributed by atoms with van der Waals surface area (Å²) in [4.78, 5) is 7.08. The topological polar surface area (TPSA) is 16.1 Å². The molecule has 1 aliphatic heterocycles. The van der Waals surface area contributed by atoms with Crippen molar-refractivity contribution in [2.75, 3.05) is 18.0 Å². The van der Waals surface area contributed by atoms with Crippen LogP contribution in [0.5, 0.6) is 0 Å². The van der Waals surface area contributed by atoms with E-state index in [9.17, 15) is 0 Å². The molecule has 0 aliphatic carbocycles. The fraction of sp³-hybridized carbons (Fsp3) is 0.389. The lowest BCUT2D eigenvalue weighted by atomic mass is 9.81. The van der Waals surface area contributed by atoms with E-state index in [0.717, 1.165) is 24.6 Å². The largest absolute Gasteiger partial charge is 0.356 e. The summed E-state index contributed by atoms with van der Waals surface area (Å²) in [6, 6.07) is 17.2. The maximum Gasteiger partial charge on any atom is 0.128 e. The van der Waals surface area contributed by atoms with Crippen LogP contribution in [0, 0.1) is 12.8 Å². The summed E-state index contributed by atoms with van der Waals surface area (Å²) < 4.78 is 0. The zero-order chi connectivity index (χ0) is 13.9. The van der Waals surface area contributed by atoms with Crippen molar-refractivity contribution in [1.82, 2.24) is 4.98 Å². The van der Waals surface area contributed by atoms with Gasteiger partial charge in [0.2, 0.25) is 0 Å². The van der Waals surface area contributed by atoms with Gasteiger partial charge in [0.15, 0.2) is 0 Å². The van der Waals surface area contributed by atoms with Gasteiger partial charge < -0.3 is 4.90 Å². The second kappa shape index (κ2) is 5.66. The summed E-state index contributed by atoms with van der Waals surface area (Å²) in [5.74, 6) is 2.47. The predicted molar refractivity (Wildman–Crippen MR) is 84.2 cm³/mol. The van der Waals surface area contributed by atoms with Gasteiger partial charge in [-0.05, 0) is 42.9 Å². The van der Waals surface area contributed by atoms with E-state index in [1.807, 2.05) is 0 Å². The molecule has 0 bridgehead atoms. The molecule has 2 heteroatoms. The molecule has 2 heterocycles. The fourth-order valence-corrected chi connectivity index (χ4v) is 3.25. The third-order valence-corrected chi connectivity index (χ3v) is 4.33. The number of aryl methyl sites for hydroxylation is 1. The van der Waals surface area contributed by atoms with Crippen molar-refractivity contribution in [2.45, 2.75) is 26.2 Å². The van der Waals surface area contributed by atoms with E-state index in [4.69, 9.17) is 0 Å². The molecule has 0 saturated carbocycles. The molecule has 1 aromatic heterocycles. The van der Waals surface area contributed by atoms with Gasteiger partial charge in [0.1, 0.15) is 5.82 Å². The van der Waals surface area contributed by atoms with Gasteiger partial charge in [0.25, 0.3) is 0 Å². The molecule has 1 aliphatic rings. The predicted octanol–water partition coefficient (Wildman–Crippen LogP) is 4.02. The van der Waals surface area contributed by atoms with Crippen LogP contribution < -0.4 is 4.90 Å². The monoisotopic (exact) mass is 266 g/mol. The molecule has 2 atom stereocenters. The van der Waals surface area contributed by atoms with Crippen LogP contribution in [0.4, 0.5) is 5.82 Å². The molecule has 2 unspecified atom stereocenters. The number of rotatable bonds is 2. The van der Waals surface area contributed by atoms with Crippen molar-refractivity contribution in [3.63, 3.8) is 0 Å². The number of pyridine rings is 1. The van der Waals surface area contributed by atoms with E-state index >= 15 is 0 Å². The van der Waals surface area contributed by atoms with Gasteiger partial charge in [-0.3, -0.25) is 0 Å². The van der Waals surface area contributed by atoms with Crippen LogP contribution in [0.15, 0.2) is 48.5 Å². The van der Waals surface area contributed by atoms with Gasteiger partial charge >= 0.3 is 0 Å². The Morgan fingerprint density at radius 3 is 2.55 bits per heavy atom. The molecule has 1 fully saturated rings. The van der Waals surface area contributed by atoms with Crippen molar-refractivity contribution < 1.29 is 0 Å². The van der Waals surface area contributed by atoms with Crippen molar-refractivity contribution in [1.29, 1.82) is 0 Å².